The van der Waals surface area contributed by atoms with Crippen LogP contribution in [0.1, 0.15) is 40.0 Å². The van der Waals surface area contributed by atoms with Gasteiger partial charge in [0.05, 0.1) is 0 Å². The van der Waals surface area contributed by atoms with Gasteiger partial charge in [-0.3, -0.25) is 14.4 Å². The van der Waals surface area contributed by atoms with Crippen molar-refractivity contribution in [3.05, 3.63) is 69.1 Å². The normalized spacial score (nSPS) is 13.1. The first kappa shape index (κ1) is 17.0. The SMILES string of the molecule is O=C(O)CN(Cc1ccccc1)C(=O)c1cc2c([nH]c1=O)CCCC2. The molecule has 1 aromatic carbocycles. The molecule has 2 aromatic rings. The number of carboxylic acid groups (broad SMARTS) is 1. The molecule has 0 spiro atoms. The second-order valence-corrected chi connectivity index (χ2v) is 6.26. The number of nitrogens with zero attached hydrogens (tertiary/aromatic N) is 1. The van der Waals surface area contributed by atoms with Gasteiger partial charge in [0, 0.05) is 12.2 Å². The Morgan fingerprint density at radius 3 is 2.56 bits per heavy atom. The summed E-state index contributed by atoms with van der Waals surface area (Å²) in [5.74, 6) is -1.67. The molecule has 0 bridgehead atoms. The van der Waals surface area contributed by atoms with Gasteiger partial charge in [-0.1, -0.05) is 30.3 Å². The second kappa shape index (κ2) is 7.34. The highest BCUT2D eigenvalue weighted by molar-refractivity contribution is 5.95. The van der Waals surface area contributed by atoms with Gasteiger partial charge in [0.15, 0.2) is 0 Å². The lowest BCUT2D eigenvalue weighted by Crippen LogP contribution is -2.38. The van der Waals surface area contributed by atoms with Gasteiger partial charge >= 0.3 is 5.97 Å². The molecule has 2 N–H and O–H groups in total. The predicted octanol–water partition coefficient (Wildman–Crippen LogP) is 1.98. The number of H-pyrrole nitrogens is 1. The van der Waals surface area contributed by atoms with E-state index in [1.807, 2.05) is 30.3 Å². The van der Waals surface area contributed by atoms with Crippen LogP contribution >= 0.6 is 0 Å². The molecule has 25 heavy (non-hydrogen) atoms. The van der Waals surface area contributed by atoms with Gasteiger partial charge < -0.3 is 15.0 Å². The van der Waals surface area contributed by atoms with Crippen LogP contribution in [0.5, 0.6) is 0 Å². The van der Waals surface area contributed by atoms with E-state index in [4.69, 9.17) is 5.11 Å². The molecule has 0 unspecified atom stereocenters. The minimum Gasteiger partial charge on any atom is -0.480 e. The topological polar surface area (TPSA) is 90.5 Å². The lowest BCUT2D eigenvalue weighted by molar-refractivity contribution is -0.137. The number of hydrogen-bond acceptors (Lipinski definition) is 3. The molecule has 1 aromatic heterocycles. The highest BCUT2D eigenvalue weighted by Crippen LogP contribution is 2.19. The summed E-state index contributed by atoms with van der Waals surface area (Å²) in [5, 5.41) is 9.14. The van der Waals surface area contributed by atoms with Gasteiger partial charge in [-0.25, -0.2) is 0 Å². The molecular formula is C19H20N2O4. The van der Waals surface area contributed by atoms with Crippen LogP contribution in [0.3, 0.4) is 0 Å². The number of rotatable bonds is 5. The number of pyridine rings is 1. The van der Waals surface area contributed by atoms with E-state index < -0.39 is 24.0 Å². The van der Waals surface area contributed by atoms with Crippen molar-refractivity contribution in [3.8, 4) is 0 Å². The van der Waals surface area contributed by atoms with E-state index in [2.05, 4.69) is 4.98 Å². The number of carbonyl (C=O) groups is 2. The third-order valence-electron chi connectivity index (χ3n) is 4.40. The van der Waals surface area contributed by atoms with Crippen molar-refractivity contribution in [1.29, 1.82) is 0 Å². The maximum Gasteiger partial charge on any atom is 0.323 e. The number of benzene rings is 1. The number of aromatic nitrogens is 1. The van der Waals surface area contributed by atoms with Crippen molar-refractivity contribution in [2.45, 2.75) is 32.2 Å². The summed E-state index contributed by atoms with van der Waals surface area (Å²) in [4.78, 5) is 40.3. The van der Waals surface area contributed by atoms with E-state index in [-0.39, 0.29) is 12.1 Å². The summed E-state index contributed by atoms with van der Waals surface area (Å²) in [6.45, 7) is -0.313. The molecule has 0 radical (unpaired) electrons. The number of nitrogens with one attached hydrogen (secondary N) is 1. The van der Waals surface area contributed by atoms with E-state index in [9.17, 15) is 14.4 Å². The summed E-state index contributed by atoms with van der Waals surface area (Å²) >= 11 is 0. The Balaban J connectivity index is 1.91. The number of hydrogen-bond donors (Lipinski definition) is 2. The standard InChI is InChI=1S/C19H20N2O4/c22-17(23)12-21(11-13-6-2-1-3-7-13)19(25)15-10-14-8-4-5-9-16(14)20-18(15)24/h1-3,6-7,10H,4-5,8-9,11-12H2,(H,20,24)(H,22,23). The number of carboxylic acids is 1. The highest BCUT2D eigenvalue weighted by Gasteiger charge is 2.23. The van der Waals surface area contributed by atoms with Crippen LogP contribution in [-0.4, -0.2) is 33.4 Å². The lowest BCUT2D eigenvalue weighted by atomic mass is 9.95. The monoisotopic (exact) mass is 340 g/mol. The summed E-state index contributed by atoms with van der Waals surface area (Å²) in [7, 11) is 0. The van der Waals surface area contributed by atoms with Gasteiger partial charge in [-0.15, -0.1) is 0 Å². The first-order valence-corrected chi connectivity index (χ1v) is 8.34. The number of aromatic amines is 1. The van der Waals surface area contributed by atoms with Crippen molar-refractivity contribution in [2.75, 3.05) is 6.54 Å². The molecule has 0 aliphatic heterocycles. The highest BCUT2D eigenvalue weighted by atomic mass is 16.4. The van der Waals surface area contributed by atoms with Crippen LogP contribution < -0.4 is 5.56 Å². The van der Waals surface area contributed by atoms with Gasteiger partial charge in [0.25, 0.3) is 11.5 Å². The fourth-order valence-electron chi connectivity index (χ4n) is 3.17. The number of aliphatic carboxylic acids is 1. The van der Waals surface area contributed by atoms with E-state index >= 15 is 0 Å². The van der Waals surface area contributed by atoms with Crippen molar-refractivity contribution in [3.63, 3.8) is 0 Å². The summed E-state index contributed by atoms with van der Waals surface area (Å²) in [6.07, 6.45) is 3.68. The molecule has 130 valence electrons. The van der Waals surface area contributed by atoms with Crippen molar-refractivity contribution >= 4 is 11.9 Å². The molecular weight excluding hydrogens is 320 g/mol. The fourth-order valence-corrected chi connectivity index (χ4v) is 3.17. The molecule has 1 aliphatic rings. The van der Waals surface area contributed by atoms with Crippen LogP contribution in [-0.2, 0) is 24.2 Å². The molecule has 1 amide bonds. The Bertz CT molecular complexity index is 842. The van der Waals surface area contributed by atoms with Crippen molar-refractivity contribution in [1.82, 2.24) is 9.88 Å². The zero-order chi connectivity index (χ0) is 17.8. The van der Waals surface area contributed by atoms with Crippen LogP contribution in [0.2, 0.25) is 0 Å². The lowest BCUT2D eigenvalue weighted by Gasteiger charge is -2.22. The molecule has 0 saturated carbocycles. The van der Waals surface area contributed by atoms with Crippen molar-refractivity contribution < 1.29 is 14.7 Å². The third-order valence-corrected chi connectivity index (χ3v) is 4.40. The third kappa shape index (κ3) is 3.96. The van der Waals surface area contributed by atoms with Gasteiger partial charge in [0.2, 0.25) is 0 Å². The molecule has 0 saturated heterocycles. The number of aryl methyl sites for hydroxylation is 2. The minimum atomic E-state index is -1.11. The van der Waals surface area contributed by atoms with Crippen molar-refractivity contribution in [2.24, 2.45) is 0 Å². The first-order valence-electron chi connectivity index (χ1n) is 8.34. The number of amides is 1. The van der Waals surface area contributed by atoms with E-state index in [0.717, 1.165) is 42.5 Å². The average Bonchev–Trinajstić information content (AvgIpc) is 2.60. The number of carbonyl (C=O) groups excluding carboxylic acids is 1. The molecule has 6 nitrogen and oxygen atoms in total. The zero-order valence-corrected chi connectivity index (χ0v) is 13.8. The van der Waals surface area contributed by atoms with E-state index in [1.165, 1.54) is 4.90 Å². The molecule has 1 aliphatic carbocycles. The minimum absolute atomic E-state index is 0.0119. The molecule has 0 atom stereocenters. The largest absolute Gasteiger partial charge is 0.480 e. The Morgan fingerprint density at radius 2 is 1.84 bits per heavy atom. The Labute approximate surface area is 145 Å². The fraction of sp³-hybridized carbons (Fsp3) is 0.316. The summed E-state index contributed by atoms with van der Waals surface area (Å²) < 4.78 is 0. The first-order chi connectivity index (χ1) is 12.0. The van der Waals surface area contributed by atoms with E-state index in [0.29, 0.717) is 0 Å². The molecule has 1 heterocycles. The molecule has 3 rings (SSSR count). The molecule has 6 heteroatoms. The average molecular weight is 340 g/mol. The number of fused-ring (bicyclic) bond motifs is 1. The Morgan fingerprint density at radius 1 is 1.12 bits per heavy atom. The van der Waals surface area contributed by atoms with E-state index in [1.54, 1.807) is 6.07 Å². The van der Waals surface area contributed by atoms with Crippen LogP contribution in [0.15, 0.2) is 41.2 Å². The quantitative estimate of drug-likeness (QED) is 0.871. The smallest absolute Gasteiger partial charge is 0.323 e. The maximum absolute atomic E-state index is 12.8. The molecule has 0 fully saturated rings. The summed E-state index contributed by atoms with van der Waals surface area (Å²) in [6, 6.07) is 10.8. The van der Waals surface area contributed by atoms with Crippen LogP contribution in [0, 0.1) is 0 Å². The summed E-state index contributed by atoms with van der Waals surface area (Å²) in [5.41, 5.74) is 2.24. The maximum atomic E-state index is 12.8. The van der Waals surface area contributed by atoms with Gasteiger partial charge in [-0.05, 0) is 42.9 Å². The van der Waals surface area contributed by atoms with Gasteiger partial charge in [0.1, 0.15) is 12.1 Å². The predicted molar refractivity (Wildman–Crippen MR) is 92.5 cm³/mol. The Hall–Kier alpha value is -2.89. The zero-order valence-electron chi connectivity index (χ0n) is 13.8. The van der Waals surface area contributed by atoms with Crippen LogP contribution in [0.4, 0.5) is 0 Å². The van der Waals surface area contributed by atoms with Gasteiger partial charge in [-0.2, -0.15) is 0 Å². The van der Waals surface area contributed by atoms with Crippen LogP contribution in [0.25, 0.3) is 0 Å². The second-order valence-electron chi connectivity index (χ2n) is 6.26. The Kier molecular flexibility index (Phi) is 4.97.